The van der Waals surface area contributed by atoms with Crippen LogP contribution < -0.4 is 18.9 Å². The second-order valence-electron chi connectivity index (χ2n) is 9.20. The molecular weight excluding hydrogens is 695 g/mol. The van der Waals surface area contributed by atoms with Gasteiger partial charge in [0.25, 0.3) is 0 Å². The summed E-state index contributed by atoms with van der Waals surface area (Å²) in [6, 6.07) is 27.7. The van der Waals surface area contributed by atoms with Gasteiger partial charge >= 0.3 is 7.25 Å². The number of aliphatic hydroxyl groups excluding tert-OH is 4. The van der Waals surface area contributed by atoms with Crippen molar-refractivity contribution in [2.75, 3.05) is 52.9 Å². The van der Waals surface area contributed by atoms with E-state index in [2.05, 4.69) is 24.3 Å². The molecule has 0 bridgehead atoms. The Bertz CT molecular complexity index is 1400. The number of para-hydroxylation sites is 2. The number of aliphatic hydroxyl groups is 4. The Balaban J connectivity index is 0.00000116. The van der Waals surface area contributed by atoms with Gasteiger partial charge in [-0.05, 0) is 72.8 Å². The van der Waals surface area contributed by atoms with Gasteiger partial charge in [-0.1, -0.05) is 47.4 Å². The SMILES string of the molecule is F[B-](F)(F)F.OCCOc1cccc(Sc2ccc(Sc3ccc(Sc4cccc(OCCO)c4OCCO)cc3)cc2)c1OCCO. The smallest absolute Gasteiger partial charge is 0.487 e. The third-order valence-corrected chi connectivity index (χ3v) is 8.71. The maximum atomic E-state index is 9.75. The Labute approximate surface area is 288 Å². The second-order valence-corrected chi connectivity index (χ2v) is 12.6. The third-order valence-electron chi connectivity index (χ3n) is 5.60. The van der Waals surface area contributed by atoms with Gasteiger partial charge in [-0.15, -0.1) is 0 Å². The predicted molar refractivity (Wildman–Crippen MR) is 179 cm³/mol. The van der Waals surface area contributed by atoms with Gasteiger partial charge in [0.15, 0.2) is 23.0 Å². The van der Waals surface area contributed by atoms with Gasteiger partial charge in [-0.2, -0.15) is 0 Å². The lowest BCUT2D eigenvalue weighted by Crippen LogP contribution is -2.07. The molecule has 260 valence electrons. The van der Waals surface area contributed by atoms with E-state index in [4.69, 9.17) is 29.2 Å². The molecule has 8 nitrogen and oxygen atoms in total. The number of ether oxygens (including phenoxy) is 4. The van der Waals surface area contributed by atoms with Crippen molar-refractivity contribution in [1.82, 2.24) is 0 Å². The van der Waals surface area contributed by atoms with Crippen molar-refractivity contribution in [1.29, 1.82) is 0 Å². The number of rotatable bonds is 18. The first-order valence-corrected chi connectivity index (χ1v) is 16.9. The molecule has 4 aromatic carbocycles. The van der Waals surface area contributed by atoms with Gasteiger partial charge in [-0.3, -0.25) is 0 Å². The van der Waals surface area contributed by atoms with Crippen molar-refractivity contribution in [3.63, 3.8) is 0 Å². The Morgan fingerprint density at radius 1 is 0.438 bits per heavy atom. The zero-order chi connectivity index (χ0) is 34.8. The van der Waals surface area contributed by atoms with Gasteiger partial charge in [0.2, 0.25) is 0 Å². The molecule has 0 amide bonds. The molecule has 0 radical (unpaired) electrons. The van der Waals surface area contributed by atoms with Gasteiger partial charge < -0.3 is 56.6 Å². The van der Waals surface area contributed by atoms with Crippen molar-refractivity contribution >= 4 is 42.5 Å². The first kappa shape index (κ1) is 39.2. The summed E-state index contributed by atoms with van der Waals surface area (Å²) in [4.78, 5) is 5.94. The van der Waals surface area contributed by atoms with Crippen molar-refractivity contribution in [3.8, 4) is 23.0 Å². The highest BCUT2D eigenvalue weighted by Gasteiger charge is 2.20. The number of hydrogen-bond acceptors (Lipinski definition) is 11. The molecule has 4 aromatic rings. The second kappa shape index (κ2) is 21.0. The number of benzene rings is 4. The van der Waals surface area contributed by atoms with Gasteiger partial charge in [0, 0.05) is 19.6 Å². The third kappa shape index (κ3) is 14.1. The average Bonchev–Trinajstić information content (AvgIpc) is 3.06. The van der Waals surface area contributed by atoms with Crippen molar-refractivity contribution in [2.24, 2.45) is 0 Å². The van der Waals surface area contributed by atoms with E-state index in [0.717, 1.165) is 29.4 Å². The molecule has 4 N–H and O–H groups in total. The van der Waals surface area contributed by atoms with Crippen LogP contribution in [0.4, 0.5) is 17.3 Å². The van der Waals surface area contributed by atoms with Crippen LogP contribution in [0, 0.1) is 0 Å². The fraction of sp³-hybridized carbons (Fsp3) is 0.250. The zero-order valence-electron chi connectivity index (χ0n) is 25.5. The predicted octanol–water partition coefficient (Wildman–Crippen LogP) is 6.92. The molecule has 0 fully saturated rings. The summed E-state index contributed by atoms with van der Waals surface area (Å²) in [6.45, 7) is 0.164. The van der Waals surface area contributed by atoms with Crippen LogP contribution in [0.5, 0.6) is 23.0 Å². The topological polar surface area (TPSA) is 118 Å². The van der Waals surface area contributed by atoms with E-state index in [-0.39, 0.29) is 52.9 Å². The molecule has 48 heavy (non-hydrogen) atoms. The number of halogens is 4. The summed E-state index contributed by atoms with van der Waals surface area (Å²) >= 11 is 4.73. The van der Waals surface area contributed by atoms with Gasteiger partial charge in [0.1, 0.15) is 26.4 Å². The van der Waals surface area contributed by atoms with E-state index in [0.29, 0.717) is 23.0 Å². The van der Waals surface area contributed by atoms with Crippen LogP contribution in [0.3, 0.4) is 0 Å². The first-order chi connectivity index (χ1) is 23.1. The molecule has 0 aliphatic heterocycles. The van der Waals surface area contributed by atoms with E-state index in [1.54, 1.807) is 23.9 Å². The molecule has 0 spiro atoms. The lowest BCUT2D eigenvalue weighted by atomic mass is 10.3. The van der Waals surface area contributed by atoms with Crippen LogP contribution in [0.15, 0.2) is 114 Å². The highest BCUT2D eigenvalue weighted by atomic mass is 32.2. The molecular formula is C32H34BF4O8S3-. The van der Waals surface area contributed by atoms with Crippen LogP contribution >= 0.6 is 35.3 Å². The summed E-state index contributed by atoms with van der Waals surface area (Å²) in [5, 5.41) is 36.8. The molecule has 0 atom stereocenters. The standard InChI is InChI=1S/C32H34O8S3.BF4/c33-15-19-37-27-3-1-5-29(31(27)39-21-17-35)42-25-11-7-23(8-12-25)41-24-9-13-26(14-10-24)43-30-6-2-4-28(38-20-16-34)32(30)40-22-18-36;2-1(3,4)5/h1-14,33-36H,15-22H2;/q;-1. The maximum Gasteiger partial charge on any atom is 0.673 e. The fourth-order valence-corrected chi connectivity index (χ4v) is 6.48. The van der Waals surface area contributed by atoms with Crippen LogP contribution in [-0.4, -0.2) is 80.5 Å². The fourth-order valence-electron chi connectivity index (χ4n) is 3.81. The summed E-state index contributed by atoms with van der Waals surface area (Å²) in [7, 11) is -6.00. The monoisotopic (exact) mass is 729 g/mol. The van der Waals surface area contributed by atoms with E-state index in [1.165, 1.54) is 23.5 Å². The molecule has 0 aliphatic carbocycles. The van der Waals surface area contributed by atoms with Crippen LogP contribution in [0.2, 0.25) is 0 Å². The lowest BCUT2D eigenvalue weighted by molar-refractivity contribution is 0.176. The molecule has 0 heterocycles. The highest BCUT2D eigenvalue weighted by molar-refractivity contribution is 8.00. The van der Waals surface area contributed by atoms with Crippen LogP contribution in [0.25, 0.3) is 0 Å². The molecule has 16 heteroatoms. The summed E-state index contributed by atoms with van der Waals surface area (Å²) in [5.74, 6) is 2.14. The lowest BCUT2D eigenvalue weighted by Gasteiger charge is -2.15. The largest absolute Gasteiger partial charge is 0.673 e. The summed E-state index contributed by atoms with van der Waals surface area (Å²) in [6.07, 6.45) is 0. The van der Waals surface area contributed by atoms with Crippen molar-refractivity contribution < 1.29 is 56.6 Å². The van der Waals surface area contributed by atoms with E-state index < -0.39 is 7.25 Å². The highest BCUT2D eigenvalue weighted by Crippen LogP contribution is 2.43. The molecule has 0 saturated heterocycles. The zero-order valence-corrected chi connectivity index (χ0v) is 27.9. The molecule has 0 unspecified atom stereocenters. The Hall–Kier alpha value is -3.25. The first-order valence-electron chi connectivity index (χ1n) is 14.5. The summed E-state index contributed by atoms with van der Waals surface area (Å²) < 4.78 is 61.8. The Morgan fingerprint density at radius 2 is 0.729 bits per heavy atom. The van der Waals surface area contributed by atoms with E-state index in [9.17, 15) is 27.5 Å². The molecule has 0 saturated carbocycles. The number of hydrogen-bond donors (Lipinski definition) is 4. The van der Waals surface area contributed by atoms with Gasteiger partial charge in [0.05, 0.1) is 36.2 Å². The maximum absolute atomic E-state index is 9.75. The molecule has 0 aromatic heterocycles. The van der Waals surface area contributed by atoms with Crippen molar-refractivity contribution in [3.05, 3.63) is 84.9 Å². The van der Waals surface area contributed by atoms with E-state index >= 15 is 0 Å². The minimum atomic E-state index is -6.00. The Kier molecular flexibility index (Phi) is 17.1. The molecule has 4 rings (SSSR count). The molecule has 0 aliphatic rings. The van der Waals surface area contributed by atoms with Crippen LogP contribution in [0.1, 0.15) is 0 Å². The van der Waals surface area contributed by atoms with Crippen LogP contribution in [-0.2, 0) is 0 Å². The quantitative estimate of drug-likeness (QED) is 0.0632. The minimum Gasteiger partial charge on any atom is -0.487 e. The van der Waals surface area contributed by atoms with Crippen molar-refractivity contribution in [2.45, 2.75) is 29.4 Å². The average molecular weight is 730 g/mol. The summed E-state index contributed by atoms with van der Waals surface area (Å²) in [5.41, 5.74) is 0. The Morgan fingerprint density at radius 3 is 1.04 bits per heavy atom. The minimum absolute atomic E-state index is 0.103. The normalized spacial score (nSPS) is 11.0. The van der Waals surface area contributed by atoms with E-state index in [1.807, 2.05) is 48.5 Å². The van der Waals surface area contributed by atoms with Gasteiger partial charge in [-0.25, -0.2) is 0 Å².